The van der Waals surface area contributed by atoms with Gasteiger partial charge in [0.05, 0.1) is 36.9 Å². The molecule has 0 spiro atoms. The molecule has 0 aliphatic carbocycles. The molecule has 0 N–H and O–H groups in total. The van der Waals surface area contributed by atoms with Gasteiger partial charge in [-0.15, -0.1) is 6.58 Å². The van der Waals surface area contributed by atoms with Crippen LogP contribution >= 0.6 is 0 Å². The summed E-state index contributed by atoms with van der Waals surface area (Å²) in [7, 11) is -1.06. The van der Waals surface area contributed by atoms with Gasteiger partial charge in [0, 0.05) is 0 Å². The highest BCUT2D eigenvalue weighted by atomic mass is 32.2. The zero-order valence-corrected chi connectivity index (χ0v) is 14.8. The number of nitrogens with zero attached hydrogens (tertiary/aromatic N) is 1. The third kappa shape index (κ3) is 4.00. The number of rotatable bonds is 7. The highest BCUT2D eigenvalue weighted by Crippen LogP contribution is 2.26. The molecular weight excluding hydrogens is 342 g/mol. The molecule has 7 heteroatoms. The predicted octanol–water partition coefficient (Wildman–Crippen LogP) is 2.86. The van der Waals surface area contributed by atoms with E-state index in [-0.39, 0.29) is 17.0 Å². The molecule has 0 unspecified atom stereocenters. The predicted molar refractivity (Wildman–Crippen MR) is 95.5 cm³/mol. The number of sulfonamides is 1. The lowest BCUT2D eigenvalue weighted by atomic mass is 10.2. The number of ether oxygens (including phenoxy) is 2. The maximum absolute atomic E-state index is 13.0. The molecule has 0 aliphatic rings. The zero-order valence-electron chi connectivity index (χ0n) is 14.0. The van der Waals surface area contributed by atoms with Gasteiger partial charge in [-0.05, 0) is 42.5 Å². The maximum Gasteiger partial charge on any atom is 0.337 e. The van der Waals surface area contributed by atoms with Crippen molar-refractivity contribution in [3.63, 3.8) is 0 Å². The second-order valence-corrected chi connectivity index (χ2v) is 6.90. The van der Waals surface area contributed by atoms with Crippen LogP contribution in [0, 0.1) is 0 Å². The summed E-state index contributed by atoms with van der Waals surface area (Å²) >= 11 is 0. The Morgan fingerprint density at radius 2 is 1.84 bits per heavy atom. The van der Waals surface area contributed by atoms with E-state index in [4.69, 9.17) is 4.74 Å². The highest BCUT2D eigenvalue weighted by Gasteiger charge is 2.24. The summed E-state index contributed by atoms with van der Waals surface area (Å²) in [5.41, 5.74) is 0.609. The van der Waals surface area contributed by atoms with E-state index < -0.39 is 16.0 Å². The third-order valence-electron chi connectivity index (χ3n) is 3.50. The minimum absolute atomic E-state index is 0.0546. The van der Waals surface area contributed by atoms with Crippen LogP contribution in [0.3, 0.4) is 0 Å². The molecule has 0 saturated heterocycles. The SMILES string of the molecule is C=CCN(c1cccc(C(=O)OC)c1)S(=O)(=O)c1ccc(OC)cc1. The van der Waals surface area contributed by atoms with Crippen LogP contribution in [0.1, 0.15) is 10.4 Å². The van der Waals surface area contributed by atoms with E-state index in [1.807, 2.05) is 0 Å². The van der Waals surface area contributed by atoms with Crippen LogP contribution in [-0.2, 0) is 14.8 Å². The van der Waals surface area contributed by atoms with E-state index in [9.17, 15) is 13.2 Å². The molecule has 0 aromatic heterocycles. The quantitative estimate of drug-likeness (QED) is 0.560. The van der Waals surface area contributed by atoms with Gasteiger partial charge in [0.25, 0.3) is 10.0 Å². The number of esters is 1. The van der Waals surface area contributed by atoms with E-state index in [0.717, 1.165) is 0 Å². The molecule has 2 rings (SSSR count). The van der Waals surface area contributed by atoms with Crippen molar-refractivity contribution in [3.05, 3.63) is 66.7 Å². The largest absolute Gasteiger partial charge is 0.497 e. The normalized spacial score (nSPS) is 10.8. The Morgan fingerprint density at radius 3 is 2.40 bits per heavy atom. The summed E-state index contributed by atoms with van der Waals surface area (Å²) in [5, 5.41) is 0. The fourth-order valence-corrected chi connectivity index (χ4v) is 3.67. The first-order chi connectivity index (χ1) is 11.9. The van der Waals surface area contributed by atoms with Crippen LogP contribution in [-0.4, -0.2) is 35.2 Å². The molecule has 132 valence electrons. The van der Waals surface area contributed by atoms with Crippen molar-refractivity contribution in [3.8, 4) is 5.75 Å². The van der Waals surface area contributed by atoms with Crippen molar-refractivity contribution in [2.24, 2.45) is 0 Å². The molecule has 25 heavy (non-hydrogen) atoms. The van der Waals surface area contributed by atoms with Crippen molar-refractivity contribution >= 4 is 21.7 Å². The lowest BCUT2D eigenvalue weighted by Crippen LogP contribution is -2.31. The van der Waals surface area contributed by atoms with Gasteiger partial charge in [0.2, 0.25) is 0 Å². The molecule has 0 bridgehead atoms. The lowest BCUT2D eigenvalue weighted by Gasteiger charge is -2.23. The van der Waals surface area contributed by atoms with E-state index in [2.05, 4.69) is 11.3 Å². The van der Waals surface area contributed by atoms with Crippen LogP contribution < -0.4 is 9.04 Å². The Labute approximate surface area is 147 Å². The summed E-state index contributed by atoms with van der Waals surface area (Å²) in [5.74, 6) is 0.0177. The number of carbonyl (C=O) groups is 1. The van der Waals surface area contributed by atoms with Crippen molar-refractivity contribution in [2.45, 2.75) is 4.90 Å². The van der Waals surface area contributed by atoms with Gasteiger partial charge >= 0.3 is 5.97 Å². The summed E-state index contributed by atoms with van der Waals surface area (Å²) in [6.45, 7) is 3.67. The monoisotopic (exact) mass is 361 g/mol. The highest BCUT2D eigenvalue weighted by molar-refractivity contribution is 7.92. The number of benzene rings is 2. The molecule has 0 saturated carbocycles. The summed E-state index contributed by atoms with van der Waals surface area (Å²) in [6.07, 6.45) is 1.48. The molecule has 0 radical (unpaired) electrons. The number of hydrogen-bond donors (Lipinski definition) is 0. The van der Waals surface area contributed by atoms with Gasteiger partial charge < -0.3 is 9.47 Å². The Hall–Kier alpha value is -2.80. The fraction of sp³-hybridized carbons (Fsp3) is 0.167. The molecule has 0 fully saturated rings. The van der Waals surface area contributed by atoms with E-state index in [0.29, 0.717) is 11.4 Å². The lowest BCUT2D eigenvalue weighted by molar-refractivity contribution is 0.0600. The fourth-order valence-electron chi connectivity index (χ4n) is 2.24. The summed E-state index contributed by atoms with van der Waals surface area (Å²) in [6, 6.07) is 12.3. The van der Waals surface area contributed by atoms with Crippen LogP contribution in [0.4, 0.5) is 5.69 Å². The average molecular weight is 361 g/mol. The second-order valence-electron chi connectivity index (χ2n) is 5.04. The number of carbonyl (C=O) groups excluding carboxylic acids is 1. The Balaban J connectivity index is 2.49. The summed E-state index contributed by atoms with van der Waals surface area (Å²) in [4.78, 5) is 11.8. The topological polar surface area (TPSA) is 72.9 Å². The van der Waals surface area contributed by atoms with Crippen molar-refractivity contribution in [1.29, 1.82) is 0 Å². The first-order valence-corrected chi connectivity index (χ1v) is 8.84. The van der Waals surface area contributed by atoms with Crippen molar-refractivity contribution in [2.75, 3.05) is 25.1 Å². The van der Waals surface area contributed by atoms with Crippen LogP contribution in [0.25, 0.3) is 0 Å². The smallest absolute Gasteiger partial charge is 0.337 e. The second kappa shape index (κ2) is 7.85. The minimum atomic E-state index is -3.84. The van der Waals surface area contributed by atoms with E-state index in [1.54, 1.807) is 30.3 Å². The van der Waals surface area contributed by atoms with E-state index >= 15 is 0 Å². The summed E-state index contributed by atoms with van der Waals surface area (Å²) < 4.78 is 36.9. The van der Waals surface area contributed by atoms with Gasteiger partial charge in [0.1, 0.15) is 5.75 Å². The molecule has 0 atom stereocenters. The standard InChI is InChI=1S/C18H19NO5S/c1-4-12-19(15-7-5-6-14(13-15)18(20)24-3)25(21,22)17-10-8-16(23-2)9-11-17/h4-11,13H,1,12H2,2-3H3. The Bertz CT molecular complexity index is 859. The van der Waals surface area contributed by atoms with Crippen LogP contribution in [0.2, 0.25) is 0 Å². The Kier molecular flexibility index (Phi) is 5.82. The molecule has 2 aromatic rings. The van der Waals surface area contributed by atoms with Gasteiger partial charge in [-0.2, -0.15) is 0 Å². The number of hydrogen-bond acceptors (Lipinski definition) is 5. The number of methoxy groups -OCH3 is 2. The maximum atomic E-state index is 13.0. The van der Waals surface area contributed by atoms with E-state index in [1.165, 1.54) is 42.8 Å². The first-order valence-electron chi connectivity index (χ1n) is 7.40. The van der Waals surface area contributed by atoms with Crippen molar-refractivity contribution in [1.82, 2.24) is 0 Å². The molecule has 0 amide bonds. The molecular formula is C18H19NO5S. The van der Waals surface area contributed by atoms with Crippen LogP contribution in [0.5, 0.6) is 5.75 Å². The Morgan fingerprint density at radius 1 is 1.16 bits per heavy atom. The molecule has 0 heterocycles. The van der Waals surface area contributed by atoms with Crippen LogP contribution in [0.15, 0.2) is 66.1 Å². The van der Waals surface area contributed by atoms with Gasteiger partial charge in [-0.1, -0.05) is 12.1 Å². The van der Waals surface area contributed by atoms with Gasteiger partial charge in [-0.25, -0.2) is 13.2 Å². The van der Waals surface area contributed by atoms with Gasteiger partial charge in [-0.3, -0.25) is 4.31 Å². The number of anilines is 1. The molecule has 2 aromatic carbocycles. The average Bonchev–Trinajstić information content (AvgIpc) is 2.65. The zero-order chi connectivity index (χ0) is 18.4. The van der Waals surface area contributed by atoms with Gasteiger partial charge in [0.15, 0.2) is 0 Å². The first kappa shape index (κ1) is 18.5. The minimum Gasteiger partial charge on any atom is -0.497 e. The molecule has 0 aliphatic heterocycles. The third-order valence-corrected chi connectivity index (χ3v) is 5.31. The molecule has 6 nitrogen and oxygen atoms in total. The van der Waals surface area contributed by atoms with Crippen molar-refractivity contribution < 1.29 is 22.7 Å².